The lowest BCUT2D eigenvalue weighted by Gasteiger charge is -2.31. The largest absolute Gasteiger partial charge is 0.495 e. The van der Waals surface area contributed by atoms with Crippen molar-refractivity contribution in [3.63, 3.8) is 0 Å². The number of hydrogen-bond acceptors (Lipinski definition) is 4. The second kappa shape index (κ2) is 5.23. The minimum atomic E-state index is -2.65. The number of carbonyl (C=O) groups is 1. The van der Waals surface area contributed by atoms with E-state index in [1.54, 1.807) is 20.8 Å². The minimum absolute atomic E-state index is 0.00945. The summed E-state index contributed by atoms with van der Waals surface area (Å²) < 4.78 is 48.3. The summed E-state index contributed by atoms with van der Waals surface area (Å²) in [6.45, 7) is 3.06. The van der Waals surface area contributed by atoms with Crippen molar-refractivity contribution in [1.29, 1.82) is 0 Å². The fourth-order valence-corrected chi connectivity index (χ4v) is 1.93. The summed E-state index contributed by atoms with van der Waals surface area (Å²) in [6, 6.07) is 2.73. The third-order valence-corrected chi connectivity index (χ3v) is 2.82. The van der Waals surface area contributed by atoms with Crippen molar-refractivity contribution < 1.29 is 21.1 Å². The lowest BCUT2D eigenvalue weighted by molar-refractivity contribution is 0.0224. The Morgan fingerprint density at radius 3 is 2.85 bits per heavy atom. The molecule has 0 radical (unpaired) electrons. The third-order valence-electron chi connectivity index (χ3n) is 2.82. The number of benzene rings is 1. The van der Waals surface area contributed by atoms with E-state index in [9.17, 15) is 4.79 Å². The zero-order chi connectivity index (χ0) is 19.2. The van der Waals surface area contributed by atoms with Crippen molar-refractivity contribution in [2.45, 2.75) is 39.3 Å². The molecule has 1 amide bonds. The van der Waals surface area contributed by atoms with Gasteiger partial charge in [-0.05, 0) is 50.5 Å². The van der Waals surface area contributed by atoms with Gasteiger partial charge >= 0.3 is 6.09 Å². The fraction of sp³-hybridized carbons (Fsp3) is 0.533. The second-order valence-electron chi connectivity index (χ2n) is 5.64. The molecule has 0 fully saturated rings. The van der Waals surface area contributed by atoms with Crippen LogP contribution in [0.5, 0.6) is 5.75 Å². The number of rotatable bonds is 1. The van der Waals surface area contributed by atoms with Crippen molar-refractivity contribution in [2.75, 3.05) is 19.3 Å². The van der Waals surface area contributed by atoms with Crippen LogP contribution in [-0.4, -0.2) is 30.2 Å². The summed E-state index contributed by atoms with van der Waals surface area (Å²) in [5.41, 5.74) is 5.80. The zero-order valence-electron chi connectivity index (χ0n) is 16.8. The van der Waals surface area contributed by atoms with Crippen molar-refractivity contribution in [3.05, 3.63) is 23.3 Å². The molecule has 5 nitrogen and oxygen atoms in total. The van der Waals surface area contributed by atoms with Gasteiger partial charge < -0.3 is 20.1 Å². The standard InChI is InChI=1S/C15H22N2O3/c1-15(2,3)20-14(18)17-6-5-10-8-13(19-4)12(16)7-11(10)9-17/h7-8H,5-6,9,16H2,1-4H3/i4D3,9D2. The Morgan fingerprint density at radius 1 is 1.45 bits per heavy atom. The molecule has 2 rings (SSSR count). The Bertz CT molecular complexity index is 683. The van der Waals surface area contributed by atoms with Crippen LogP contribution >= 0.6 is 0 Å². The van der Waals surface area contributed by atoms with Gasteiger partial charge in [-0.15, -0.1) is 0 Å². The van der Waals surface area contributed by atoms with E-state index in [1.807, 2.05) is 0 Å². The van der Waals surface area contributed by atoms with E-state index in [1.165, 1.54) is 12.1 Å². The quantitative estimate of drug-likeness (QED) is 0.805. The van der Waals surface area contributed by atoms with E-state index in [0.29, 0.717) is 12.0 Å². The van der Waals surface area contributed by atoms with Gasteiger partial charge in [0.05, 0.1) is 19.6 Å². The van der Waals surface area contributed by atoms with E-state index in [0.717, 1.165) is 4.90 Å². The highest BCUT2D eigenvalue weighted by Crippen LogP contribution is 2.30. The lowest BCUT2D eigenvalue weighted by atomic mass is 9.99. The third kappa shape index (κ3) is 3.15. The van der Waals surface area contributed by atoms with Crippen LogP contribution in [0.15, 0.2) is 12.1 Å². The van der Waals surface area contributed by atoms with Crippen LogP contribution in [0.1, 0.15) is 38.8 Å². The van der Waals surface area contributed by atoms with Gasteiger partial charge in [0.2, 0.25) is 0 Å². The van der Waals surface area contributed by atoms with Crippen LogP contribution in [0, 0.1) is 0 Å². The molecule has 0 saturated carbocycles. The van der Waals surface area contributed by atoms with Crippen LogP contribution in [0.4, 0.5) is 10.5 Å². The van der Waals surface area contributed by atoms with Gasteiger partial charge in [0.1, 0.15) is 11.4 Å². The average molecular weight is 283 g/mol. The molecule has 2 N–H and O–H groups in total. The minimum Gasteiger partial charge on any atom is -0.495 e. The van der Waals surface area contributed by atoms with Crippen LogP contribution in [-0.2, 0) is 17.7 Å². The number of anilines is 1. The van der Waals surface area contributed by atoms with Gasteiger partial charge in [0, 0.05) is 13.0 Å². The van der Waals surface area contributed by atoms with Gasteiger partial charge in [0.15, 0.2) is 0 Å². The number of methoxy groups -OCH3 is 1. The molecule has 0 atom stereocenters. The summed E-state index contributed by atoms with van der Waals surface area (Å²) in [5, 5.41) is 0. The van der Waals surface area contributed by atoms with Crippen molar-refractivity contribution in [2.24, 2.45) is 0 Å². The van der Waals surface area contributed by atoms with Crippen molar-refractivity contribution in [3.8, 4) is 5.75 Å². The maximum atomic E-state index is 12.3. The number of fused-ring (bicyclic) bond motifs is 1. The molecule has 1 aliphatic heterocycles. The molecule has 5 heteroatoms. The predicted molar refractivity (Wildman–Crippen MR) is 77.8 cm³/mol. The highest BCUT2D eigenvalue weighted by atomic mass is 16.6. The summed E-state index contributed by atoms with van der Waals surface area (Å²) in [6.07, 6.45) is -0.435. The highest BCUT2D eigenvalue weighted by Gasteiger charge is 2.26. The number of hydrogen-bond donors (Lipinski definition) is 1. The van der Waals surface area contributed by atoms with Crippen molar-refractivity contribution in [1.82, 2.24) is 4.90 Å². The van der Waals surface area contributed by atoms with E-state index in [4.69, 9.17) is 22.1 Å². The number of nitrogen functional groups attached to an aromatic ring is 1. The van der Waals surface area contributed by atoms with Gasteiger partial charge in [-0.3, -0.25) is 0 Å². The average Bonchev–Trinajstić information content (AvgIpc) is 2.36. The van der Waals surface area contributed by atoms with E-state index in [2.05, 4.69) is 0 Å². The Kier molecular flexibility index (Phi) is 2.38. The number of carbonyl (C=O) groups excluding carboxylic acids is 1. The topological polar surface area (TPSA) is 64.8 Å². The molecule has 1 aromatic rings. The fourth-order valence-electron chi connectivity index (χ4n) is 1.93. The summed E-state index contributed by atoms with van der Waals surface area (Å²) in [7, 11) is -2.65. The van der Waals surface area contributed by atoms with Gasteiger partial charge in [0.25, 0.3) is 0 Å². The summed E-state index contributed by atoms with van der Waals surface area (Å²) >= 11 is 0. The molecule has 0 aromatic heterocycles. The smallest absolute Gasteiger partial charge is 0.410 e. The first-order valence-electron chi connectivity index (χ1n) is 8.83. The van der Waals surface area contributed by atoms with Crippen LogP contribution in [0.3, 0.4) is 0 Å². The normalized spacial score (nSPS) is 21.6. The first kappa shape index (κ1) is 9.10. The van der Waals surface area contributed by atoms with Crippen molar-refractivity contribution >= 4 is 11.8 Å². The van der Waals surface area contributed by atoms with Gasteiger partial charge in [-0.1, -0.05) is 0 Å². The van der Waals surface area contributed by atoms with Gasteiger partial charge in [-0.2, -0.15) is 0 Å². The van der Waals surface area contributed by atoms with Gasteiger partial charge in [-0.25, -0.2) is 4.79 Å². The second-order valence-corrected chi connectivity index (χ2v) is 5.64. The molecule has 0 bridgehead atoms. The molecular formula is C15H22N2O3. The summed E-state index contributed by atoms with van der Waals surface area (Å²) in [4.78, 5) is 13.3. The van der Waals surface area contributed by atoms with E-state index >= 15 is 0 Å². The molecule has 0 unspecified atom stereocenters. The first-order valence-corrected chi connectivity index (χ1v) is 6.33. The summed E-state index contributed by atoms with van der Waals surface area (Å²) in [5.74, 6) is -0.0275. The Hall–Kier alpha value is -1.91. The van der Waals surface area contributed by atoms with Crippen LogP contribution in [0.2, 0.25) is 0 Å². The number of ether oxygens (including phenoxy) is 2. The lowest BCUT2D eigenvalue weighted by Crippen LogP contribution is -2.39. The number of nitrogens with zero attached hydrogens (tertiary/aromatic N) is 1. The Labute approximate surface area is 126 Å². The molecule has 110 valence electrons. The molecule has 1 aliphatic rings. The predicted octanol–water partition coefficient (Wildman–Crippen LogP) is 2.57. The SMILES string of the molecule is [2H]C([2H])([2H])Oc1cc2c(cc1N)C([2H])([2H])N(C(=O)OC(C)(C)C)CC2. The molecule has 0 spiro atoms. The zero-order valence-corrected chi connectivity index (χ0v) is 11.8. The Morgan fingerprint density at radius 2 is 2.20 bits per heavy atom. The Balaban J connectivity index is 2.37. The molecule has 1 aromatic carbocycles. The van der Waals surface area contributed by atoms with Crippen LogP contribution in [0.25, 0.3) is 0 Å². The molecule has 20 heavy (non-hydrogen) atoms. The molecule has 1 heterocycles. The monoisotopic (exact) mass is 283 g/mol. The first-order chi connectivity index (χ1) is 11.2. The number of amides is 1. The van der Waals surface area contributed by atoms with E-state index in [-0.39, 0.29) is 23.5 Å². The van der Waals surface area contributed by atoms with E-state index < -0.39 is 25.2 Å². The molecular weight excluding hydrogens is 256 g/mol. The highest BCUT2D eigenvalue weighted by molar-refractivity contribution is 5.69. The molecule has 0 saturated heterocycles. The molecule has 0 aliphatic carbocycles. The number of nitrogens with two attached hydrogens (primary N) is 1. The van der Waals surface area contributed by atoms with Crippen LogP contribution < -0.4 is 10.5 Å². The maximum Gasteiger partial charge on any atom is 0.410 e. The maximum absolute atomic E-state index is 12.3.